The van der Waals surface area contributed by atoms with Crippen LogP contribution in [0.2, 0.25) is 0 Å². The molecule has 0 spiro atoms. The average Bonchev–Trinajstić information content (AvgIpc) is 4.01. The van der Waals surface area contributed by atoms with Crippen LogP contribution in [0.1, 0.15) is 0 Å². The van der Waals surface area contributed by atoms with Crippen LogP contribution in [-0.2, 0) is 0 Å². The molecule has 59 heavy (non-hydrogen) atoms. The Bertz CT molecular complexity index is 3520. The maximum Gasteiger partial charge on any atom is 0.227 e. The highest BCUT2D eigenvalue weighted by atomic mass is 16.3. The van der Waals surface area contributed by atoms with E-state index in [2.05, 4.69) is 155 Å². The minimum atomic E-state index is 0.576. The molecule has 0 fully saturated rings. The predicted octanol–water partition coefficient (Wildman–Crippen LogP) is 15.4. The highest BCUT2D eigenvalue weighted by Crippen LogP contribution is 2.48. The summed E-state index contributed by atoms with van der Waals surface area (Å²) in [7, 11) is 0. The molecule has 3 aromatic heterocycles. The summed E-state index contributed by atoms with van der Waals surface area (Å²) in [5, 5.41) is 6.21. The number of anilines is 6. The fraction of sp³-hybridized carbons (Fsp3) is 0. The quantitative estimate of drug-likeness (QED) is 0.161. The minimum Gasteiger partial charge on any atom is -0.456 e. The molecular formula is C53H33N3O3. The van der Waals surface area contributed by atoms with Gasteiger partial charge in [-0.05, 0) is 109 Å². The van der Waals surface area contributed by atoms with E-state index in [9.17, 15) is 0 Å². The van der Waals surface area contributed by atoms with Crippen LogP contribution in [0.3, 0.4) is 0 Å². The zero-order valence-corrected chi connectivity index (χ0v) is 31.6. The first-order valence-corrected chi connectivity index (χ1v) is 19.7. The van der Waals surface area contributed by atoms with Gasteiger partial charge in [0.1, 0.15) is 27.8 Å². The molecule has 0 atom stereocenters. The highest BCUT2D eigenvalue weighted by Gasteiger charge is 2.25. The van der Waals surface area contributed by atoms with Gasteiger partial charge in [0.15, 0.2) is 5.58 Å². The summed E-state index contributed by atoms with van der Waals surface area (Å²) in [4.78, 5) is 9.68. The van der Waals surface area contributed by atoms with Crippen LogP contribution in [0, 0.1) is 0 Å². The van der Waals surface area contributed by atoms with Gasteiger partial charge in [0.2, 0.25) is 5.89 Å². The van der Waals surface area contributed by atoms with Gasteiger partial charge in [0, 0.05) is 55.5 Å². The summed E-state index contributed by atoms with van der Waals surface area (Å²) in [6.45, 7) is 0. The number of hydrogen-bond acceptors (Lipinski definition) is 6. The summed E-state index contributed by atoms with van der Waals surface area (Å²) >= 11 is 0. The van der Waals surface area contributed by atoms with E-state index in [-0.39, 0.29) is 0 Å². The van der Waals surface area contributed by atoms with Gasteiger partial charge in [-0.2, -0.15) is 0 Å². The van der Waals surface area contributed by atoms with Gasteiger partial charge < -0.3 is 23.1 Å². The monoisotopic (exact) mass is 759 g/mol. The van der Waals surface area contributed by atoms with Gasteiger partial charge in [-0.3, -0.25) is 0 Å². The van der Waals surface area contributed by atoms with Crippen LogP contribution in [0.5, 0.6) is 0 Å². The SMILES string of the molecule is c1ccc(-c2nc3ccc4cc(N(c5ccccc5)c5ccc6oc7ccccc7c6c5)cc(N(c5ccccc5)c5ccc6oc7ccccc7c6c5)c4c3o2)cc1. The summed E-state index contributed by atoms with van der Waals surface area (Å²) in [5.74, 6) is 0.576. The Morgan fingerprint density at radius 3 is 1.51 bits per heavy atom. The molecule has 0 aliphatic carbocycles. The van der Waals surface area contributed by atoms with E-state index in [0.29, 0.717) is 5.89 Å². The number of para-hydroxylation sites is 4. The second kappa shape index (κ2) is 13.3. The Morgan fingerprint density at radius 2 is 0.881 bits per heavy atom. The summed E-state index contributed by atoms with van der Waals surface area (Å²) in [6, 6.07) is 69.2. The standard InChI is InChI=1S/C53H33N3O3/c1-4-14-34(15-5-1)53-54-45-27-24-35-30-40(55(36-16-6-2-7-17-36)38-25-28-49-43(31-38)41-20-10-12-22-47(41)57-49)33-46(51(35)52(45)59-53)56(37-18-8-3-9-19-37)39-26-29-50-44(32-39)42-21-11-13-23-48(42)58-50/h1-33H. The van der Waals surface area contributed by atoms with E-state index in [1.165, 1.54) is 0 Å². The molecule has 0 saturated carbocycles. The van der Waals surface area contributed by atoms with Crippen molar-refractivity contribution in [3.05, 3.63) is 200 Å². The van der Waals surface area contributed by atoms with Crippen molar-refractivity contribution in [2.45, 2.75) is 0 Å². The lowest BCUT2D eigenvalue weighted by atomic mass is 10.0. The number of benzene rings is 9. The third-order valence-corrected chi connectivity index (χ3v) is 11.2. The van der Waals surface area contributed by atoms with E-state index in [1.54, 1.807) is 0 Å². The van der Waals surface area contributed by atoms with Crippen LogP contribution in [-0.4, -0.2) is 4.98 Å². The van der Waals surface area contributed by atoms with Crippen molar-refractivity contribution in [2.24, 2.45) is 0 Å². The molecule has 278 valence electrons. The second-order valence-corrected chi connectivity index (χ2v) is 14.8. The molecule has 0 aliphatic heterocycles. The molecule has 12 aromatic rings. The molecule has 0 radical (unpaired) electrons. The van der Waals surface area contributed by atoms with Gasteiger partial charge in [0.25, 0.3) is 0 Å². The topological polar surface area (TPSA) is 58.8 Å². The van der Waals surface area contributed by atoms with Crippen molar-refractivity contribution in [3.63, 3.8) is 0 Å². The first-order chi connectivity index (χ1) is 29.2. The molecule has 12 rings (SSSR count). The Hall–Kier alpha value is -8.09. The molecule has 0 unspecified atom stereocenters. The van der Waals surface area contributed by atoms with Crippen molar-refractivity contribution in [2.75, 3.05) is 9.80 Å². The van der Waals surface area contributed by atoms with Gasteiger partial charge in [-0.1, -0.05) is 97.1 Å². The van der Waals surface area contributed by atoms with Crippen LogP contribution < -0.4 is 9.80 Å². The van der Waals surface area contributed by atoms with Crippen molar-refractivity contribution >= 4 is 99.9 Å². The lowest BCUT2D eigenvalue weighted by Gasteiger charge is -2.30. The predicted molar refractivity (Wildman–Crippen MR) is 241 cm³/mol. The number of oxazole rings is 1. The fourth-order valence-electron chi connectivity index (χ4n) is 8.55. The van der Waals surface area contributed by atoms with Crippen molar-refractivity contribution in [3.8, 4) is 11.5 Å². The van der Waals surface area contributed by atoms with Crippen molar-refractivity contribution in [1.29, 1.82) is 0 Å². The minimum absolute atomic E-state index is 0.576. The number of hydrogen-bond donors (Lipinski definition) is 0. The lowest BCUT2D eigenvalue weighted by molar-refractivity contribution is 0.623. The van der Waals surface area contributed by atoms with E-state index >= 15 is 0 Å². The van der Waals surface area contributed by atoms with Gasteiger partial charge in [-0.25, -0.2) is 4.98 Å². The Balaban J connectivity index is 1.17. The number of fused-ring (bicyclic) bond motifs is 9. The summed E-state index contributed by atoms with van der Waals surface area (Å²) in [5.41, 5.74) is 11.7. The summed E-state index contributed by atoms with van der Waals surface area (Å²) < 4.78 is 19.4. The van der Waals surface area contributed by atoms with E-state index in [0.717, 1.165) is 105 Å². The first kappa shape index (κ1) is 33.1. The number of nitrogens with zero attached hydrogens (tertiary/aromatic N) is 3. The Morgan fingerprint density at radius 1 is 0.356 bits per heavy atom. The van der Waals surface area contributed by atoms with Crippen molar-refractivity contribution < 1.29 is 13.3 Å². The molecule has 6 heteroatoms. The van der Waals surface area contributed by atoms with E-state index < -0.39 is 0 Å². The Labute approximate surface area is 338 Å². The Kier molecular flexibility index (Phi) is 7.43. The lowest BCUT2D eigenvalue weighted by Crippen LogP contribution is -2.14. The normalized spacial score (nSPS) is 11.7. The average molecular weight is 760 g/mol. The first-order valence-electron chi connectivity index (χ1n) is 19.7. The zero-order chi connectivity index (χ0) is 38.9. The van der Waals surface area contributed by atoms with Crippen LogP contribution in [0.15, 0.2) is 213 Å². The fourth-order valence-corrected chi connectivity index (χ4v) is 8.55. The molecule has 0 saturated heterocycles. The largest absolute Gasteiger partial charge is 0.456 e. The second-order valence-electron chi connectivity index (χ2n) is 14.8. The van der Waals surface area contributed by atoms with Gasteiger partial charge in [-0.15, -0.1) is 0 Å². The molecule has 0 aliphatic rings. The van der Waals surface area contributed by atoms with Gasteiger partial charge >= 0.3 is 0 Å². The molecule has 6 nitrogen and oxygen atoms in total. The van der Waals surface area contributed by atoms with Crippen LogP contribution in [0.4, 0.5) is 34.1 Å². The molecular weight excluding hydrogens is 727 g/mol. The van der Waals surface area contributed by atoms with Gasteiger partial charge in [0.05, 0.1) is 11.1 Å². The summed E-state index contributed by atoms with van der Waals surface area (Å²) in [6.07, 6.45) is 0. The molecule has 0 bridgehead atoms. The van der Waals surface area contributed by atoms with E-state index in [4.69, 9.17) is 18.2 Å². The smallest absolute Gasteiger partial charge is 0.227 e. The molecule has 3 heterocycles. The molecule has 0 amide bonds. The number of rotatable bonds is 7. The zero-order valence-electron chi connectivity index (χ0n) is 31.6. The van der Waals surface area contributed by atoms with Crippen LogP contribution >= 0.6 is 0 Å². The molecule has 0 N–H and O–H groups in total. The molecule has 9 aromatic carbocycles. The number of aromatic nitrogens is 1. The maximum absolute atomic E-state index is 6.82. The number of furan rings is 2. The third-order valence-electron chi connectivity index (χ3n) is 11.2. The highest BCUT2D eigenvalue weighted by molar-refractivity contribution is 6.15. The van der Waals surface area contributed by atoms with Crippen LogP contribution in [0.25, 0.3) is 77.2 Å². The van der Waals surface area contributed by atoms with E-state index in [1.807, 2.05) is 54.6 Å². The third kappa shape index (κ3) is 5.46. The maximum atomic E-state index is 6.82. The van der Waals surface area contributed by atoms with Crippen molar-refractivity contribution in [1.82, 2.24) is 4.98 Å².